The van der Waals surface area contributed by atoms with Crippen LogP contribution in [0.4, 0.5) is 5.69 Å². The molecule has 1 amide bonds. The number of esters is 1. The van der Waals surface area contributed by atoms with Crippen LogP contribution < -0.4 is 4.90 Å². The summed E-state index contributed by atoms with van der Waals surface area (Å²) in [6, 6.07) is 16.2. The Bertz CT molecular complexity index is 994. The van der Waals surface area contributed by atoms with E-state index in [1.54, 1.807) is 10.5 Å². The van der Waals surface area contributed by atoms with Gasteiger partial charge >= 0.3 is 5.97 Å². The summed E-state index contributed by atoms with van der Waals surface area (Å²) in [7, 11) is 1.39. The Hall–Kier alpha value is -2.66. The van der Waals surface area contributed by atoms with E-state index in [1.807, 2.05) is 24.3 Å². The first kappa shape index (κ1) is 20.3. The number of carbonyl (C=O) groups is 2. The predicted octanol–water partition coefficient (Wildman–Crippen LogP) is 3.49. The summed E-state index contributed by atoms with van der Waals surface area (Å²) in [5.41, 5.74) is 5.29. The summed E-state index contributed by atoms with van der Waals surface area (Å²) in [6.07, 6.45) is 5.72. The summed E-state index contributed by atoms with van der Waals surface area (Å²) in [5, 5.41) is 0. The molecular formula is C26H30N2O3. The third kappa shape index (κ3) is 3.55. The number of benzene rings is 2. The molecule has 3 aliphatic rings. The molecule has 0 bridgehead atoms. The lowest BCUT2D eigenvalue weighted by molar-refractivity contribution is -0.143. The van der Waals surface area contributed by atoms with Gasteiger partial charge in [-0.3, -0.25) is 9.69 Å². The number of carbonyl (C=O) groups excluding carboxylic acids is 2. The number of methoxy groups -OCH3 is 1. The molecule has 1 unspecified atom stereocenters. The first-order valence-electron chi connectivity index (χ1n) is 11.4. The lowest BCUT2D eigenvalue weighted by atomic mass is 9.74. The molecule has 2 heterocycles. The van der Waals surface area contributed by atoms with Gasteiger partial charge in [0, 0.05) is 25.1 Å². The van der Waals surface area contributed by atoms with Crippen LogP contribution in [0.2, 0.25) is 0 Å². The van der Waals surface area contributed by atoms with E-state index in [0.29, 0.717) is 18.3 Å². The predicted molar refractivity (Wildman–Crippen MR) is 120 cm³/mol. The fourth-order valence-corrected chi connectivity index (χ4v) is 5.88. The minimum Gasteiger partial charge on any atom is -0.467 e. The van der Waals surface area contributed by atoms with Crippen molar-refractivity contribution in [3.63, 3.8) is 0 Å². The van der Waals surface area contributed by atoms with Crippen molar-refractivity contribution >= 4 is 17.6 Å². The van der Waals surface area contributed by atoms with Gasteiger partial charge in [0.1, 0.15) is 6.04 Å². The molecule has 2 aliphatic heterocycles. The Morgan fingerprint density at radius 2 is 1.71 bits per heavy atom. The standard InChI is InChI=1S/C26H30N2O3/c1-31-25(30)23-18-20-7-3-5-9-22(20)28(23)24(29)11-15-27-16-13-26(14-17-27)12-10-19-6-2-4-8-21(19)26/h2-9,23H,10-18H2,1H3. The van der Waals surface area contributed by atoms with Gasteiger partial charge in [0.05, 0.1) is 7.11 Å². The summed E-state index contributed by atoms with van der Waals surface area (Å²) in [4.78, 5) is 29.6. The smallest absolute Gasteiger partial charge is 0.329 e. The maximum absolute atomic E-state index is 13.2. The highest BCUT2D eigenvalue weighted by Crippen LogP contribution is 2.46. The second kappa shape index (κ2) is 8.12. The maximum atomic E-state index is 13.2. The van der Waals surface area contributed by atoms with E-state index in [1.165, 1.54) is 25.5 Å². The van der Waals surface area contributed by atoms with Crippen LogP contribution in [0.25, 0.3) is 0 Å². The third-order valence-electron chi connectivity index (χ3n) is 7.63. The molecule has 1 atom stereocenters. The monoisotopic (exact) mass is 418 g/mol. The Morgan fingerprint density at radius 3 is 2.48 bits per heavy atom. The van der Waals surface area contributed by atoms with Gasteiger partial charge in [0.2, 0.25) is 5.91 Å². The molecule has 1 spiro atoms. The Kier molecular flexibility index (Phi) is 5.30. The first-order chi connectivity index (χ1) is 15.1. The number of aryl methyl sites for hydroxylation is 1. The molecule has 1 saturated heterocycles. The quantitative estimate of drug-likeness (QED) is 0.714. The van der Waals surface area contributed by atoms with Crippen LogP contribution in [0, 0.1) is 0 Å². The van der Waals surface area contributed by atoms with Gasteiger partial charge in [-0.1, -0.05) is 42.5 Å². The topological polar surface area (TPSA) is 49.9 Å². The van der Waals surface area contributed by atoms with Gasteiger partial charge in [0.25, 0.3) is 0 Å². The Balaban J connectivity index is 1.22. The van der Waals surface area contributed by atoms with Crippen LogP contribution >= 0.6 is 0 Å². The van der Waals surface area contributed by atoms with Crippen molar-refractivity contribution in [3.05, 3.63) is 65.2 Å². The van der Waals surface area contributed by atoms with Crippen molar-refractivity contribution in [3.8, 4) is 0 Å². The Morgan fingerprint density at radius 1 is 1.00 bits per heavy atom. The first-order valence-corrected chi connectivity index (χ1v) is 11.4. The van der Waals surface area contributed by atoms with Crippen molar-refractivity contribution in [1.82, 2.24) is 4.90 Å². The highest BCUT2D eigenvalue weighted by Gasteiger charge is 2.42. The highest BCUT2D eigenvalue weighted by atomic mass is 16.5. The average Bonchev–Trinajstić information content (AvgIpc) is 3.37. The van der Waals surface area contributed by atoms with Crippen molar-refractivity contribution in [2.45, 2.75) is 50.0 Å². The van der Waals surface area contributed by atoms with Gasteiger partial charge in [-0.25, -0.2) is 4.79 Å². The molecule has 2 aromatic carbocycles. The number of likely N-dealkylation sites (tertiary alicyclic amines) is 1. The fourth-order valence-electron chi connectivity index (χ4n) is 5.88. The SMILES string of the molecule is COC(=O)C1Cc2ccccc2N1C(=O)CCN1CCC2(CCc3ccccc32)CC1. The van der Waals surface area contributed by atoms with Gasteiger partial charge in [0.15, 0.2) is 0 Å². The number of rotatable bonds is 4. The van der Waals surface area contributed by atoms with Crippen LogP contribution in [-0.4, -0.2) is 49.6 Å². The second-order valence-corrected chi connectivity index (χ2v) is 9.16. The number of hydrogen-bond donors (Lipinski definition) is 0. The third-order valence-corrected chi connectivity index (χ3v) is 7.63. The van der Waals surface area contributed by atoms with Crippen LogP contribution in [0.5, 0.6) is 0 Å². The second-order valence-electron chi connectivity index (χ2n) is 9.16. The number of hydrogen-bond acceptors (Lipinski definition) is 4. The minimum absolute atomic E-state index is 0.00634. The van der Waals surface area contributed by atoms with Gasteiger partial charge < -0.3 is 9.64 Å². The number of amides is 1. The number of fused-ring (bicyclic) bond motifs is 3. The molecule has 5 nitrogen and oxygen atoms in total. The zero-order valence-electron chi connectivity index (χ0n) is 18.2. The summed E-state index contributed by atoms with van der Waals surface area (Å²) in [6.45, 7) is 2.79. The molecule has 2 aromatic rings. The molecular weight excluding hydrogens is 388 g/mol. The molecule has 5 heteroatoms. The fraction of sp³-hybridized carbons (Fsp3) is 0.462. The van der Waals surface area contributed by atoms with E-state index in [-0.39, 0.29) is 11.9 Å². The van der Waals surface area contributed by atoms with E-state index in [9.17, 15) is 9.59 Å². The van der Waals surface area contributed by atoms with E-state index >= 15 is 0 Å². The zero-order valence-corrected chi connectivity index (χ0v) is 18.2. The number of para-hydroxylation sites is 1. The molecule has 0 aromatic heterocycles. The van der Waals surface area contributed by atoms with E-state index < -0.39 is 6.04 Å². The van der Waals surface area contributed by atoms with Crippen LogP contribution in [0.1, 0.15) is 42.4 Å². The Labute approximate surface area is 184 Å². The number of anilines is 1. The van der Waals surface area contributed by atoms with Crippen molar-refractivity contribution in [2.75, 3.05) is 31.6 Å². The molecule has 1 fully saturated rings. The van der Waals surface area contributed by atoms with E-state index in [4.69, 9.17) is 4.74 Å². The van der Waals surface area contributed by atoms with Crippen molar-refractivity contribution in [1.29, 1.82) is 0 Å². The van der Waals surface area contributed by atoms with Gasteiger partial charge in [-0.2, -0.15) is 0 Å². The molecule has 0 N–H and O–H groups in total. The minimum atomic E-state index is -0.547. The molecule has 1 aliphatic carbocycles. The van der Waals surface area contributed by atoms with Crippen LogP contribution in [0.15, 0.2) is 48.5 Å². The summed E-state index contributed by atoms with van der Waals surface area (Å²) in [5.74, 6) is -0.337. The number of ether oxygens (including phenoxy) is 1. The molecule has 0 radical (unpaired) electrons. The molecule has 5 rings (SSSR count). The summed E-state index contributed by atoms with van der Waals surface area (Å²) < 4.78 is 4.98. The number of piperidine rings is 1. The highest BCUT2D eigenvalue weighted by molar-refractivity contribution is 6.02. The van der Waals surface area contributed by atoms with E-state index in [0.717, 1.165) is 43.7 Å². The zero-order chi connectivity index (χ0) is 21.4. The average molecular weight is 419 g/mol. The summed E-state index contributed by atoms with van der Waals surface area (Å²) >= 11 is 0. The lowest BCUT2D eigenvalue weighted by Crippen LogP contribution is -2.46. The molecule has 31 heavy (non-hydrogen) atoms. The lowest BCUT2D eigenvalue weighted by Gasteiger charge is -2.40. The van der Waals surface area contributed by atoms with Gasteiger partial charge in [-0.15, -0.1) is 0 Å². The van der Waals surface area contributed by atoms with Crippen LogP contribution in [0.3, 0.4) is 0 Å². The van der Waals surface area contributed by atoms with E-state index in [2.05, 4.69) is 29.2 Å². The largest absolute Gasteiger partial charge is 0.467 e. The normalized spacial score (nSPS) is 21.7. The molecule has 162 valence electrons. The van der Waals surface area contributed by atoms with Crippen LogP contribution in [-0.2, 0) is 32.6 Å². The van der Waals surface area contributed by atoms with Crippen molar-refractivity contribution < 1.29 is 14.3 Å². The number of nitrogens with zero attached hydrogens (tertiary/aromatic N) is 2. The van der Waals surface area contributed by atoms with Crippen molar-refractivity contribution in [2.24, 2.45) is 0 Å². The van der Waals surface area contributed by atoms with Gasteiger partial charge in [-0.05, 0) is 66.9 Å². The maximum Gasteiger partial charge on any atom is 0.329 e. The molecule has 0 saturated carbocycles.